The summed E-state index contributed by atoms with van der Waals surface area (Å²) in [6.07, 6.45) is 1.03. The predicted octanol–water partition coefficient (Wildman–Crippen LogP) is 1.65. The fourth-order valence-electron chi connectivity index (χ4n) is 0.303. The number of allylic oxidation sites excluding steroid dienone is 1. The van der Waals surface area contributed by atoms with Crippen molar-refractivity contribution in [2.45, 2.75) is 13.8 Å². The van der Waals surface area contributed by atoms with Gasteiger partial charge in [-0.3, -0.25) is 4.18 Å². The van der Waals surface area contributed by atoms with Crippen molar-refractivity contribution in [2.24, 2.45) is 0 Å². The molecule has 0 saturated heterocycles. The molecule has 0 aromatic heterocycles. The Balaban J connectivity index is 4.03. The summed E-state index contributed by atoms with van der Waals surface area (Å²) in [6, 6.07) is 0. The maximum absolute atomic E-state index is 10.5. The van der Waals surface area contributed by atoms with Crippen molar-refractivity contribution in [1.29, 1.82) is 0 Å². The predicted molar refractivity (Wildman–Crippen MR) is 48.1 cm³/mol. The normalized spacial score (nSPS) is 11.3. The summed E-state index contributed by atoms with van der Waals surface area (Å²) in [5.41, 5.74) is 1.01. The van der Waals surface area contributed by atoms with E-state index in [2.05, 4.69) is 20.1 Å². The summed E-state index contributed by atoms with van der Waals surface area (Å²) >= 11 is 3.19. The molecule has 0 saturated carbocycles. The van der Waals surface area contributed by atoms with Gasteiger partial charge in [0.2, 0.25) is 0 Å². The van der Waals surface area contributed by atoms with Gasteiger partial charge in [0.25, 0.3) is 10.1 Å². The second-order valence-corrected chi connectivity index (χ2v) is 4.97. The van der Waals surface area contributed by atoms with Crippen LogP contribution in [-0.2, 0) is 14.3 Å². The molecule has 0 atom stereocenters. The van der Waals surface area contributed by atoms with Crippen LogP contribution in [0.4, 0.5) is 0 Å². The molecule has 0 N–H and O–H groups in total. The van der Waals surface area contributed by atoms with E-state index < -0.39 is 10.1 Å². The van der Waals surface area contributed by atoms with Crippen molar-refractivity contribution in [3.8, 4) is 0 Å². The van der Waals surface area contributed by atoms with Gasteiger partial charge < -0.3 is 0 Å². The van der Waals surface area contributed by atoms with Gasteiger partial charge in [-0.1, -0.05) is 21.5 Å². The minimum absolute atomic E-state index is 0.0845. The quantitative estimate of drug-likeness (QED) is 0.708. The molecule has 0 radical (unpaired) electrons. The van der Waals surface area contributed by atoms with Gasteiger partial charge in [-0.15, -0.1) is 0 Å². The van der Waals surface area contributed by atoms with Crippen molar-refractivity contribution in [3.63, 3.8) is 0 Å². The number of hydrogen-bond donors (Lipinski definition) is 0. The summed E-state index contributed by atoms with van der Waals surface area (Å²) in [7, 11) is -3.32. The van der Waals surface area contributed by atoms with Gasteiger partial charge in [0.1, 0.15) is 0 Å². The van der Waals surface area contributed by atoms with E-state index >= 15 is 0 Å². The Morgan fingerprint density at radius 1 is 1.45 bits per heavy atom. The standard InChI is InChI=1S/C6H11BrO3S/c1-5(2)6(7)4-10-11(3,8)9/h4H2,1-3H3. The van der Waals surface area contributed by atoms with Crippen LogP contribution in [0.5, 0.6) is 0 Å². The number of halogens is 1. The first kappa shape index (κ1) is 11.1. The molecule has 0 aliphatic carbocycles. The summed E-state index contributed by atoms with van der Waals surface area (Å²) in [5.74, 6) is 0. The molecular formula is C6H11BrO3S. The molecule has 0 bridgehead atoms. The zero-order valence-corrected chi connectivity index (χ0v) is 9.12. The Hall–Kier alpha value is 0.130. The van der Waals surface area contributed by atoms with E-state index in [-0.39, 0.29) is 6.61 Å². The van der Waals surface area contributed by atoms with E-state index in [1.54, 1.807) is 0 Å². The molecular weight excluding hydrogens is 232 g/mol. The first-order chi connectivity index (χ1) is 4.83. The van der Waals surface area contributed by atoms with Crippen LogP contribution in [0.1, 0.15) is 13.8 Å². The molecule has 0 aromatic rings. The zero-order valence-electron chi connectivity index (χ0n) is 6.72. The summed E-state index contributed by atoms with van der Waals surface area (Å²) in [6.45, 7) is 3.83. The van der Waals surface area contributed by atoms with Crippen LogP contribution in [0.2, 0.25) is 0 Å². The maximum atomic E-state index is 10.5. The lowest BCUT2D eigenvalue weighted by Gasteiger charge is -2.00. The fourth-order valence-corrected chi connectivity index (χ4v) is 0.901. The Morgan fingerprint density at radius 2 is 1.91 bits per heavy atom. The van der Waals surface area contributed by atoms with E-state index in [9.17, 15) is 8.42 Å². The summed E-state index contributed by atoms with van der Waals surface area (Å²) < 4.78 is 26.3. The summed E-state index contributed by atoms with van der Waals surface area (Å²) in [5, 5.41) is 0. The van der Waals surface area contributed by atoms with Gasteiger partial charge in [-0.2, -0.15) is 8.42 Å². The van der Waals surface area contributed by atoms with Gasteiger partial charge >= 0.3 is 0 Å². The molecule has 0 aliphatic rings. The Kier molecular flexibility index (Phi) is 4.28. The minimum atomic E-state index is -3.32. The van der Waals surface area contributed by atoms with E-state index in [0.29, 0.717) is 0 Å². The first-order valence-electron chi connectivity index (χ1n) is 2.99. The number of rotatable bonds is 3. The average molecular weight is 243 g/mol. The van der Waals surface area contributed by atoms with Crippen molar-refractivity contribution < 1.29 is 12.6 Å². The molecule has 0 heterocycles. The van der Waals surface area contributed by atoms with Crippen molar-refractivity contribution in [2.75, 3.05) is 12.9 Å². The van der Waals surface area contributed by atoms with Gasteiger partial charge in [-0.05, 0) is 13.8 Å². The molecule has 5 heteroatoms. The third-order valence-electron chi connectivity index (χ3n) is 0.942. The molecule has 0 rings (SSSR count). The Labute approximate surface area is 75.7 Å². The van der Waals surface area contributed by atoms with Crippen molar-refractivity contribution >= 4 is 26.0 Å². The van der Waals surface area contributed by atoms with Crippen LogP contribution in [0.25, 0.3) is 0 Å². The molecule has 0 fully saturated rings. The monoisotopic (exact) mass is 242 g/mol. The molecule has 0 unspecified atom stereocenters. The topological polar surface area (TPSA) is 43.4 Å². The van der Waals surface area contributed by atoms with E-state index in [1.807, 2.05) is 13.8 Å². The summed E-state index contributed by atoms with van der Waals surface area (Å²) in [4.78, 5) is 0. The average Bonchev–Trinajstić information content (AvgIpc) is 1.80. The first-order valence-corrected chi connectivity index (χ1v) is 5.60. The molecule has 0 aliphatic heterocycles. The van der Waals surface area contributed by atoms with E-state index in [0.717, 1.165) is 16.3 Å². The van der Waals surface area contributed by atoms with Crippen molar-refractivity contribution in [1.82, 2.24) is 0 Å². The molecule has 11 heavy (non-hydrogen) atoms. The van der Waals surface area contributed by atoms with Crippen molar-refractivity contribution in [3.05, 3.63) is 10.1 Å². The zero-order chi connectivity index (χ0) is 9.07. The molecule has 3 nitrogen and oxygen atoms in total. The number of hydrogen-bond acceptors (Lipinski definition) is 3. The molecule has 66 valence electrons. The van der Waals surface area contributed by atoms with Gasteiger partial charge in [0.15, 0.2) is 0 Å². The van der Waals surface area contributed by atoms with Crippen LogP contribution in [0, 0.1) is 0 Å². The van der Waals surface area contributed by atoms with Crippen LogP contribution in [-0.4, -0.2) is 21.3 Å². The van der Waals surface area contributed by atoms with Crippen LogP contribution in [0.3, 0.4) is 0 Å². The van der Waals surface area contributed by atoms with Crippen LogP contribution in [0.15, 0.2) is 10.1 Å². The highest BCUT2D eigenvalue weighted by Crippen LogP contribution is 2.11. The SMILES string of the molecule is CC(C)=C(Br)COS(C)(=O)=O. The highest BCUT2D eigenvalue weighted by molar-refractivity contribution is 9.11. The maximum Gasteiger partial charge on any atom is 0.264 e. The molecule has 0 aromatic carbocycles. The van der Waals surface area contributed by atoms with Crippen LogP contribution < -0.4 is 0 Å². The van der Waals surface area contributed by atoms with Gasteiger partial charge in [-0.25, -0.2) is 0 Å². The highest BCUT2D eigenvalue weighted by Gasteiger charge is 2.02. The highest BCUT2D eigenvalue weighted by atomic mass is 79.9. The molecule has 0 amide bonds. The van der Waals surface area contributed by atoms with Gasteiger partial charge in [0.05, 0.1) is 12.9 Å². The lowest BCUT2D eigenvalue weighted by atomic mass is 10.3. The lowest BCUT2D eigenvalue weighted by molar-refractivity contribution is 0.359. The second kappa shape index (κ2) is 4.23. The third-order valence-corrected chi connectivity index (χ3v) is 2.51. The van der Waals surface area contributed by atoms with Crippen LogP contribution >= 0.6 is 15.9 Å². The molecule has 0 spiro atoms. The van der Waals surface area contributed by atoms with E-state index in [1.165, 1.54) is 0 Å². The largest absolute Gasteiger partial charge is 0.265 e. The Morgan fingerprint density at radius 3 is 2.18 bits per heavy atom. The minimum Gasteiger partial charge on any atom is -0.265 e. The fraction of sp³-hybridized carbons (Fsp3) is 0.667. The smallest absolute Gasteiger partial charge is 0.264 e. The third kappa shape index (κ3) is 6.52. The second-order valence-electron chi connectivity index (χ2n) is 2.37. The lowest BCUT2D eigenvalue weighted by Crippen LogP contribution is -2.04. The van der Waals surface area contributed by atoms with E-state index in [4.69, 9.17) is 0 Å². The van der Waals surface area contributed by atoms with Gasteiger partial charge in [0, 0.05) is 4.48 Å². The Bertz CT molecular complexity index is 249.